The molecular formula is C20H46N2+2. The predicted octanol–water partition coefficient (Wildman–Crippen LogP) is 4.79. The molecule has 0 amide bonds. The molecule has 0 aliphatic rings. The molecule has 0 atom stereocenters. The van der Waals surface area contributed by atoms with Gasteiger partial charge in [0, 0.05) is 24.7 Å². The van der Waals surface area contributed by atoms with E-state index in [1.165, 1.54) is 73.7 Å². The Morgan fingerprint density at radius 2 is 0.818 bits per heavy atom. The van der Waals surface area contributed by atoms with Crippen molar-refractivity contribution >= 4 is 0 Å². The highest BCUT2D eigenvalue weighted by Crippen LogP contribution is 2.16. The predicted molar refractivity (Wildman–Crippen MR) is 101 cm³/mol. The van der Waals surface area contributed by atoms with Crippen LogP contribution in [0.3, 0.4) is 0 Å². The fraction of sp³-hybridized carbons (Fsp3) is 1.00. The first-order chi connectivity index (χ1) is 10.2. The molecule has 0 aromatic carbocycles. The molecule has 0 N–H and O–H groups in total. The van der Waals surface area contributed by atoms with Gasteiger partial charge in [0.15, 0.2) is 0 Å². The lowest BCUT2D eigenvalue weighted by atomic mass is 10.0. The molecule has 0 fully saturated rings. The second kappa shape index (κ2) is 10.6. The molecule has 0 rings (SSSR count). The molecule has 0 bridgehead atoms. The first-order valence-corrected chi connectivity index (χ1v) is 9.83. The summed E-state index contributed by atoms with van der Waals surface area (Å²) in [4.78, 5) is 0. The molecule has 0 aliphatic heterocycles. The minimum Gasteiger partial charge on any atom is -0.328 e. The second-order valence-electron chi connectivity index (χ2n) is 8.76. The van der Waals surface area contributed by atoms with Crippen molar-refractivity contribution in [1.29, 1.82) is 0 Å². The van der Waals surface area contributed by atoms with Crippen molar-refractivity contribution in [3.8, 4) is 0 Å². The Bertz CT molecular complexity index is 235. The van der Waals surface area contributed by atoms with E-state index in [9.17, 15) is 0 Å². The van der Waals surface area contributed by atoms with E-state index in [4.69, 9.17) is 0 Å². The third kappa shape index (κ3) is 9.84. The maximum atomic E-state index is 2.42. The molecule has 0 aromatic rings. The van der Waals surface area contributed by atoms with Crippen LogP contribution in [0.4, 0.5) is 0 Å². The van der Waals surface area contributed by atoms with E-state index in [2.05, 4.69) is 55.9 Å². The Hall–Kier alpha value is -0.0800. The van der Waals surface area contributed by atoms with Crippen LogP contribution in [-0.2, 0) is 0 Å². The maximum absolute atomic E-state index is 2.42. The van der Waals surface area contributed by atoms with Gasteiger partial charge >= 0.3 is 0 Å². The molecule has 0 radical (unpaired) electrons. The van der Waals surface area contributed by atoms with Gasteiger partial charge in [0.2, 0.25) is 0 Å². The molecule has 0 heterocycles. The normalized spacial score (nSPS) is 13.4. The Kier molecular flexibility index (Phi) is 10.6. The van der Waals surface area contributed by atoms with Crippen LogP contribution < -0.4 is 0 Å². The van der Waals surface area contributed by atoms with Gasteiger partial charge in [-0.25, -0.2) is 0 Å². The zero-order valence-electron chi connectivity index (χ0n) is 17.1. The SMILES string of the molecule is CCC(CC)C[N+](C)(C)CCCC[N+](C)(C)CC(CC)CC. The highest BCUT2D eigenvalue weighted by Gasteiger charge is 2.22. The van der Waals surface area contributed by atoms with Crippen molar-refractivity contribution in [3.63, 3.8) is 0 Å². The lowest BCUT2D eigenvalue weighted by molar-refractivity contribution is -0.900. The second-order valence-corrected chi connectivity index (χ2v) is 8.76. The smallest absolute Gasteiger partial charge is 0.0810 e. The first-order valence-electron chi connectivity index (χ1n) is 9.83. The Morgan fingerprint density at radius 3 is 1.05 bits per heavy atom. The van der Waals surface area contributed by atoms with E-state index < -0.39 is 0 Å². The number of nitrogens with zero attached hydrogens (tertiary/aromatic N) is 2. The van der Waals surface area contributed by atoms with Gasteiger partial charge in [-0.1, -0.05) is 27.7 Å². The lowest BCUT2D eigenvalue weighted by Crippen LogP contribution is -2.46. The summed E-state index contributed by atoms with van der Waals surface area (Å²) in [7, 11) is 9.68. The Labute approximate surface area is 142 Å². The number of unbranched alkanes of at least 4 members (excludes halogenated alkanes) is 1. The first kappa shape index (κ1) is 21.9. The summed E-state index contributed by atoms with van der Waals surface area (Å²) in [5.74, 6) is 1.80. The highest BCUT2D eigenvalue weighted by molar-refractivity contribution is 4.55. The van der Waals surface area contributed by atoms with Gasteiger partial charge in [-0.05, 0) is 25.7 Å². The van der Waals surface area contributed by atoms with E-state index in [0.29, 0.717) is 0 Å². The summed E-state index contributed by atoms with van der Waals surface area (Å²) in [6, 6.07) is 0. The minimum atomic E-state index is 0.900. The quantitative estimate of drug-likeness (QED) is 0.339. The molecule has 0 saturated carbocycles. The molecule has 0 unspecified atom stereocenters. The van der Waals surface area contributed by atoms with E-state index in [0.717, 1.165) is 11.8 Å². The molecule has 22 heavy (non-hydrogen) atoms. The zero-order valence-corrected chi connectivity index (χ0v) is 17.1. The van der Waals surface area contributed by atoms with Crippen molar-refractivity contribution in [2.45, 2.75) is 66.2 Å². The van der Waals surface area contributed by atoms with Crippen LogP contribution in [0.15, 0.2) is 0 Å². The summed E-state index contributed by atoms with van der Waals surface area (Å²) in [6.07, 6.45) is 8.07. The minimum absolute atomic E-state index is 0.900. The number of hydrogen-bond donors (Lipinski definition) is 0. The number of quaternary nitrogens is 2. The monoisotopic (exact) mass is 314 g/mol. The van der Waals surface area contributed by atoms with Crippen LogP contribution in [0.25, 0.3) is 0 Å². The van der Waals surface area contributed by atoms with E-state index in [1.807, 2.05) is 0 Å². The summed E-state index contributed by atoms with van der Waals surface area (Å²) in [5.41, 5.74) is 0. The van der Waals surface area contributed by atoms with Gasteiger partial charge in [-0.15, -0.1) is 0 Å². The van der Waals surface area contributed by atoms with Crippen LogP contribution in [0.2, 0.25) is 0 Å². The fourth-order valence-corrected chi connectivity index (χ4v) is 3.75. The van der Waals surface area contributed by atoms with Gasteiger partial charge in [0.05, 0.1) is 54.4 Å². The number of rotatable bonds is 13. The summed E-state index contributed by atoms with van der Waals surface area (Å²) in [5, 5.41) is 0. The molecule has 0 aliphatic carbocycles. The zero-order chi connectivity index (χ0) is 17.2. The summed E-state index contributed by atoms with van der Waals surface area (Å²) >= 11 is 0. The molecule has 0 spiro atoms. The standard InChI is InChI=1S/C20H46N2/c1-9-19(10-2)17-21(5,6)15-13-14-16-22(7,8)18-20(11-3)12-4/h19-20H,9-18H2,1-8H3/q+2. The van der Waals surface area contributed by atoms with E-state index in [-0.39, 0.29) is 0 Å². The largest absolute Gasteiger partial charge is 0.328 e. The molecule has 2 heteroatoms. The molecular weight excluding hydrogens is 268 g/mol. The van der Waals surface area contributed by atoms with Crippen LogP contribution in [0.5, 0.6) is 0 Å². The van der Waals surface area contributed by atoms with Crippen LogP contribution in [-0.4, -0.2) is 63.3 Å². The van der Waals surface area contributed by atoms with Gasteiger partial charge in [0.25, 0.3) is 0 Å². The average molecular weight is 315 g/mol. The highest BCUT2D eigenvalue weighted by atomic mass is 15.3. The van der Waals surface area contributed by atoms with Gasteiger partial charge < -0.3 is 8.97 Å². The summed E-state index contributed by atoms with van der Waals surface area (Å²) < 4.78 is 2.40. The van der Waals surface area contributed by atoms with Crippen molar-refractivity contribution < 1.29 is 8.97 Å². The van der Waals surface area contributed by atoms with Gasteiger partial charge in [0.1, 0.15) is 0 Å². The lowest BCUT2D eigenvalue weighted by Gasteiger charge is -2.35. The van der Waals surface area contributed by atoms with E-state index in [1.54, 1.807) is 0 Å². The third-order valence-corrected chi connectivity index (χ3v) is 5.59. The third-order valence-electron chi connectivity index (χ3n) is 5.59. The molecule has 0 aromatic heterocycles. The molecule has 0 saturated heterocycles. The van der Waals surface area contributed by atoms with Crippen LogP contribution >= 0.6 is 0 Å². The van der Waals surface area contributed by atoms with E-state index >= 15 is 0 Å². The molecule has 134 valence electrons. The van der Waals surface area contributed by atoms with Crippen molar-refractivity contribution in [3.05, 3.63) is 0 Å². The van der Waals surface area contributed by atoms with Crippen LogP contribution in [0.1, 0.15) is 66.2 Å². The summed E-state index contributed by atoms with van der Waals surface area (Å²) in [6.45, 7) is 14.7. The number of hydrogen-bond acceptors (Lipinski definition) is 0. The van der Waals surface area contributed by atoms with Crippen molar-refractivity contribution in [2.24, 2.45) is 11.8 Å². The van der Waals surface area contributed by atoms with Crippen molar-refractivity contribution in [1.82, 2.24) is 0 Å². The Morgan fingerprint density at radius 1 is 0.545 bits per heavy atom. The molecule has 2 nitrogen and oxygen atoms in total. The maximum Gasteiger partial charge on any atom is 0.0810 e. The van der Waals surface area contributed by atoms with Crippen molar-refractivity contribution in [2.75, 3.05) is 54.4 Å². The average Bonchev–Trinajstić information content (AvgIpc) is 2.47. The topological polar surface area (TPSA) is 0 Å². The Balaban J connectivity index is 4.08. The fourth-order valence-electron chi connectivity index (χ4n) is 3.75. The van der Waals surface area contributed by atoms with Crippen LogP contribution in [0, 0.1) is 11.8 Å². The van der Waals surface area contributed by atoms with Gasteiger partial charge in [-0.2, -0.15) is 0 Å². The van der Waals surface area contributed by atoms with Gasteiger partial charge in [-0.3, -0.25) is 0 Å².